The highest BCUT2D eigenvalue weighted by Crippen LogP contribution is 2.26. The predicted molar refractivity (Wildman–Crippen MR) is 87.5 cm³/mol. The molecule has 3 rings (SSSR count). The SMILES string of the molecule is Cc1cn(-c2ccc(-c3nnc(Cl)c(C)c3C)nc2CO)cn1. The Bertz CT molecular complexity index is 875. The number of halogens is 1. The summed E-state index contributed by atoms with van der Waals surface area (Å²) in [5.41, 5.74) is 5.34. The molecule has 3 aromatic heterocycles. The lowest BCUT2D eigenvalue weighted by atomic mass is 10.1. The van der Waals surface area contributed by atoms with Crippen molar-refractivity contribution in [2.75, 3.05) is 0 Å². The summed E-state index contributed by atoms with van der Waals surface area (Å²) in [7, 11) is 0. The molecule has 0 aliphatic carbocycles. The van der Waals surface area contributed by atoms with Crippen LogP contribution >= 0.6 is 11.6 Å². The molecular weight excluding hydrogens is 314 g/mol. The summed E-state index contributed by atoms with van der Waals surface area (Å²) < 4.78 is 1.84. The Morgan fingerprint density at radius 1 is 1.13 bits per heavy atom. The first-order valence-electron chi connectivity index (χ1n) is 7.12. The van der Waals surface area contributed by atoms with Crippen molar-refractivity contribution in [1.82, 2.24) is 24.7 Å². The number of rotatable bonds is 3. The molecule has 0 unspecified atom stereocenters. The van der Waals surface area contributed by atoms with Gasteiger partial charge in [-0.1, -0.05) is 11.6 Å². The van der Waals surface area contributed by atoms with Crippen molar-refractivity contribution in [2.45, 2.75) is 27.4 Å². The number of aliphatic hydroxyl groups is 1. The summed E-state index contributed by atoms with van der Waals surface area (Å²) in [5, 5.41) is 18.2. The number of aliphatic hydroxyl groups excluding tert-OH is 1. The van der Waals surface area contributed by atoms with Crippen molar-refractivity contribution in [3.8, 4) is 17.1 Å². The van der Waals surface area contributed by atoms with Gasteiger partial charge in [0.25, 0.3) is 0 Å². The summed E-state index contributed by atoms with van der Waals surface area (Å²) in [6.45, 7) is 5.55. The number of nitrogens with zero attached hydrogens (tertiary/aromatic N) is 5. The Labute approximate surface area is 138 Å². The Kier molecular flexibility index (Phi) is 4.11. The van der Waals surface area contributed by atoms with E-state index < -0.39 is 0 Å². The normalized spacial score (nSPS) is 11.0. The predicted octanol–water partition coefficient (Wildman–Crippen LogP) is 2.80. The van der Waals surface area contributed by atoms with Crippen LogP contribution in [0.25, 0.3) is 17.1 Å². The van der Waals surface area contributed by atoms with Crippen molar-refractivity contribution in [3.05, 3.63) is 52.3 Å². The Balaban J connectivity index is 2.11. The molecule has 3 aromatic rings. The fourth-order valence-corrected chi connectivity index (χ4v) is 2.53. The molecule has 0 atom stereocenters. The van der Waals surface area contributed by atoms with Gasteiger partial charge in [0.2, 0.25) is 0 Å². The molecule has 0 aliphatic heterocycles. The van der Waals surface area contributed by atoms with Gasteiger partial charge in [-0.3, -0.25) is 0 Å². The molecule has 0 aliphatic rings. The topological polar surface area (TPSA) is 76.7 Å². The van der Waals surface area contributed by atoms with Gasteiger partial charge in [-0.15, -0.1) is 10.2 Å². The molecule has 23 heavy (non-hydrogen) atoms. The fraction of sp³-hybridized carbons (Fsp3) is 0.250. The van der Waals surface area contributed by atoms with Crippen molar-refractivity contribution in [2.24, 2.45) is 0 Å². The number of aryl methyl sites for hydroxylation is 1. The van der Waals surface area contributed by atoms with Crippen LogP contribution in [0, 0.1) is 20.8 Å². The van der Waals surface area contributed by atoms with E-state index in [4.69, 9.17) is 11.6 Å². The fourth-order valence-electron chi connectivity index (χ4n) is 2.35. The van der Waals surface area contributed by atoms with Crippen LogP contribution in [0.1, 0.15) is 22.5 Å². The first kappa shape index (κ1) is 15.6. The molecule has 0 spiro atoms. The minimum absolute atomic E-state index is 0.181. The van der Waals surface area contributed by atoms with Crippen LogP contribution in [0.5, 0.6) is 0 Å². The van der Waals surface area contributed by atoms with Crippen LogP contribution in [0.2, 0.25) is 5.15 Å². The molecule has 0 saturated heterocycles. The third-order valence-electron chi connectivity index (χ3n) is 3.80. The van der Waals surface area contributed by atoms with E-state index >= 15 is 0 Å². The molecule has 0 amide bonds. The van der Waals surface area contributed by atoms with Gasteiger partial charge in [-0.25, -0.2) is 9.97 Å². The third-order valence-corrected chi connectivity index (χ3v) is 4.16. The van der Waals surface area contributed by atoms with E-state index in [2.05, 4.69) is 20.2 Å². The number of hydrogen-bond acceptors (Lipinski definition) is 5. The number of hydrogen-bond donors (Lipinski definition) is 1. The molecule has 7 heteroatoms. The highest BCUT2D eigenvalue weighted by atomic mass is 35.5. The first-order valence-corrected chi connectivity index (χ1v) is 7.50. The second-order valence-electron chi connectivity index (χ2n) is 5.33. The summed E-state index contributed by atoms with van der Waals surface area (Å²) in [4.78, 5) is 8.74. The van der Waals surface area contributed by atoms with Gasteiger partial charge in [0.05, 0.1) is 35.7 Å². The standard InChI is InChI=1S/C16H16ClN5O/c1-9-6-22(8-18-9)14-5-4-12(19-13(14)7-23)15-10(2)11(3)16(17)21-20-15/h4-6,8,23H,7H2,1-3H3. The van der Waals surface area contributed by atoms with Crippen LogP contribution in [0.3, 0.4) is 0 Å². The number of imidazole rings is 1. The van der Waals surface area contributed by atoms with Crippen molar-refractivity contribution in [3.63, 3.8) is 0 Å². The maximum absolute atomic E-state index is 9.67. The van der Waals surface area contributed by atoms with Crippen molar-refractivity contribution >= 4 is 11.6 Å². The minimum atomic E-state index is -0.181. The summed E-state index contributed by atoms with van der Waals surface area (Å²) in [6.07, 6.45) is 3.58. The highest BCUT2D eigenvalue weighted by Gasteiger charge is 2.14. The van der Waals surface area contributed by atoms with E-state index in [0.717, 1.165) is 22.5 Å². The zero-order chi connectivity index (χ0) is 16.6. The quantitative estimate of drug-likeness (QED) is 0.799. The maximum Gasteiger partial charge on any atom is 0.154 e. The Morgan fingerprint density at radius 3 is 2.57 bits per heavy atom. The second kappa shape index (κ2) is 6.06. The molecule has 0 bridgehead atoms. The van der Waals surface area contributed by atoms with Gasteiger partial charge in [-0.05, 0) is 44.0 Å². The van der Waals surface area contributed by atoms with E-state index in [1.54, 1.807) is 6.33 Å². The summed E-state index contributed by atoms with van der Waals surface area (Å²) >= 11 is 6.00. The van der Waals surface area contributed by atoms with E-state index in [1.807, 2.05) is 43.7 Å². The van der Waals surface area contributed by atoms with Gasteiger partial charge in [-0.2, -0.15) is 0 Å². The lowest BCUT2D eigenvalue weighted by Gasteiger charge is -2.11. The summed E-state index contributed by atoms with van der Waals surface area (Å²) in [6, 6.07) is 3.74. The van der Waals surface area contributed by atoms with Gasteiger partial charge >= 0.3 is 0 Å². The largest absolute Gasteiger partial charge is 0.390 e. The van der Waals surface area contributed by atoms with Crippen molar-refractivity contribution in [1.29, 1.82) is 0 Å². The van der Waals surface area contributed by atoms with Crippen LogP contribution in [-0.2, 0) is 6.61 Å². The van der Waals surface area contributed by atoms with E-state index in [-0.39, 0.29) is 6.61 Å². The highest BCUT2D eigenvalue weighted by molar-refractivity contribution is 6.30. The maximum atomic E-state index is 9.67. The average molecular weight is 330 g/mol. The van der Waals surface area contributed by atoms with Gasteiger partial charge in [0.1, 0.15) is 5.69 Å². The van der Waals surface area contributed by atoms with Crippen molar-refractivity contribution < 1.29 is 5.11 Å². The third kappa shape index (κ3) is 2.83. The zero-order valence-electron chi connectivity index (χ0n) is 13.1. The summed E-state index contributed by atoms with van der Waals surface area (Å²) in [5.74, 6) is 0. The molecule has 0 aromatic carbocycles. The molecule has 0 radical (unpaired) electrons. The van der Waals surface area contributed by atoms with Gasteiger partial charge < -0.3 is 9.67 Å². The van der Waals surface area contributed by atoms with E-state index in [1.165, 1.54) is 0 Å². The number of aromatic nitrogens is 5. The minimum Gasteiger partial charge on any atom is -0.390 e. The van der Waals surface area contributed by atoms with Gasteiger partial charge in [0.15, 0.2) is 5.15 Å². The number of pyridine rings is 1. The Morgan fingerprint density at radius 2 is 1.91 bits per heavy atom. The van der Waals surface area contributed by atoms with Gasteiger partial charge in [0, 0.05) is 6.20 Å². The van der Waals surface area contributed by atoms with E-state index in [9.17, 15) is 5.11 Å². The van der Waals surface area contributed by atoms with Crippen LogP contribution < -0.4 is 0 Å². The Hall–Kier alpha value is -2.31. The van der Waals surface area contributed by atoms with Crippen LogP contribution in [0.4, 0.5) is 0 Å². The smallest absolute Gasteiger partial charge is 0.154 e. The van der Waals surface area contributed by atoms with Crippen LogP contribution in [-0.4, -0.2) is 29.8 Å². The lowest BCUT2D eigenvalue weighted by Crippen LogP contribution is -2.04. The molecule has 6 nitrogen and oxygen atoms in total. The second-order valence-corrected chi connectivity index (χ2v) is 5.69. The monoisotopic (exact) mass is 329 g/mol. The molecule has 0 saturated carbocycles. The molecule has 3 heterocycles. The molecule has 118 valence electrons. The molecular formula is C16H16ClN5O. The average Bonchev–Trinajstić information content (AvgIpc) is 2.98. The lowest BCUT2D eigenvalue weighted by molar-refractivity contribution is 0.276. The zero-order valence-corrected chi connectivity index (χ0v) is 13.8. The first-order chi connectivity index (χ1) is 11.0. The van der Waals surface area contributed by atoms with Crippen LogP contribution in [0.15, 0.2) is 24.7 Å². The molecule has 0 fully saturated rings. The van der Waals surface area contributed by atoms with E-state index in [0.29, 0.717) is 22.2 Å². The molecule has 1 N–H and O–H groups in total.